The molecular formula is C20H13B3FN5O3. The van der Waals surface area contributed by atoms with Gasteiger partial charge in [-0.25, -0.2) is 9.97 Å². The highest BCUT2D eigenvalue weighted by molar-refractivity contribution is 6.56. The number of methoxy groups -OCH3 is 1. The fourth-order valence-corrected chi connectivity index (χ4v) is 3.34. The van der Waals surface area contributed by atoms with Crippen LogP contribution in [-0.2, 0) is 5.24 Å². The summed E-state index contributed by atoms with van der Waals surface area (Å²) in [6.07, 6.45) is 3.18. The van der Waals surface area contributed by atoms with E-state index in [1.165, 1.54) is 17.9 Å². The first-order valence-corrected chi connectivity index (χ1v) is 9.28. The minimum absolute atomic E-state index is 0.0536. The van der Waals surface area contributed by atoms with E-state index in [4.69, 9.17) is 28.3 Å². The van der Waals surface area contributed by atoms with Crippen LogP contribution in [0.1, 0.15) is 0 Å². The van der Waals surface area contributed by atoms with Gasteiger partial charge in [-0.2, -0.15) is 4.39 Å². The minimum atomic E-state index is -1.63. The number of anilines is 2. The molecule has 2 heterocycles. The fourth-order valence-electron chi connectivity index (χ4n) is 3.34. The summed E-state index contributed by atoms with van der Waals surface area (Å²) in [5, 5.41) is 13.1. The van der Waals surface area contributed by atoms with E-state index >= 15 is 0 Å². The van der Waals surface area contributed by atoms with Crippen LogP contribution in [0.4, 0.5) is 21.7 Å². The van der Waals surface area contributed by atoms with Crippen LogP contribution in [-0.4, -0.2) is 50.1 Å². The van der Waals surface area contributed by atoms with Crippen molar-refractivity contribution in [3.05, 3.63) is 70.8 Å². The summed E-state index contributed by atoms with van der Waals surface area (Å²) >= 11 is 0. The first-order chi connectivity index (χ1) is 15.2. The lowest BCUT2D eigenvalue weighted by Crippen LogP contribution is -2.34. The molecule has 0 aliphatic rings. The van der Waals surface area contributed by atoms with Gasteiger partial charge in [-0.1, -0.05) is 23.4 Å². The van der Waals surface area contributed by atoms with Crippen molar-refractivity contribution in [2.75, 3.05) is 12.4 Å². The molecule has 32 heavy (non-hydrogen) atoms. The lowest BCUT2D eigenvalue weighted by molar-refractivity contribution is -0.387. The van der Waals surface area contributed by atoms with Crippen LogP contribution in [0.25, 0.3) is 22.2 Å². The number of aromatic nitrogens is 3. The summed E-state index contributed by atoms with van der Waals surface area (Å²) in [4.78, 5) is 18.9. The van der Waals surface area contributed by atoms with Crippen molar-refractivity contribution >= 4 is 51.8 Å². The van der Waals surface area contributed by atoms with Crippen LogP contribution in [0.2, 0.25) is 0 Å². The van der Waals surface area contributed by atoms with E-state index in [2.05, 4.69) is 15.3 Å². The number of rotatable bonds is 6. The molecule has 4 rings (SSSR count). The number of fused-ring (bicyclic) bond motifs is 1. The van der Waals surface area contributed by atoms with E-state index in [-0.39, 0.29) is 17.4 Å². The number of nitro groups is 1. The molecule has 1 N–H and O–H groups in total. The molecule has 0 atom stereocenters. The maximum Gasteiger partial charge on any atom is 0.307 e. The van der Waals surface area contributed by atoms with E-state index in [1.807, 2.05) is 24.3 Å². The Morgan fingerprint density at radius 3 is 2.66 bits per heavy atom. The molecular weight excluding hydrogens is 410 g/mol. The van der Waals surface area contributed by atoms with Crippen LogP contribution < -0.4 is 10.1 Å². The SMILES string of the molecule is [B]C([B])([B])n1cc(-c2ccnc(Nc3cc([N+](=O)[O-])c(F)cc3OC)n2)c2ccccc21. The van der Waals surface area contributed by atoms with Gasteiger partial charge in [0.05, 0.1) is 47.0 Å². The van der Waals surface area contributed by atoms with Crippen molar-refractivity contribution in [1.82, 2.24) is 14.5 Å². The Kier molecular flexibility index (Phi) is 5.37. The smallest absolute Gasteiger partial charge is 0.307 e. The monoisotopic (exact) mass is 423 g/mol. The predicted molar refractivity (Wildman–Crippen MR) is 121 cm³/mol. The van der Waals surface area contributed by atoms with Crippen LogP contribution in [0, 0.1) is 15.9 Å². The van der Waals surface area contributed by atoms with Crippen molar-refractivity contribution in [3.63, 3.8) is 0 Å². The summed E-state index contributed by atoms with van der Waals surface area (Å²) in [6, 6.07) is 11.0. The van der Waals surface area contributed by atoms with Gasteiger partial charge >= 0.3 is 5.69 Å². The normalized spacial score (nSPS) is 11.4. The Morgan fingerprint density at radius 1 is 1.22 bits per heavy atom. The van der Waals surface area contributed by atoms with Crippen molar-refractivity contribution in [1.29, 1.82) is 0 Å². The van der Waals surface area contributed by atoms with Gasteiger partial charge in [-0.05, 0) is 12.1 Å². The fraction of sp³-hybridized carbons (Fsp3) is 0.100. The Balaban J connectivity index is 1.79. The van der Waals surface area contributed by atoms with E-state index in [9.17, 15) is 14.5 Å². The summed E-state index contributed by atoms with van der Waals surface area (Å²) in [7, 11) is 19.0. The van der Waals surface area contributed by atoms with E-state index < -0.39 is 21.7 Å². The van der Waals surface area contributed by atoms with Crippen LogP contribution in [0.3, 0.4) is 0 Å². The highest BCUT2D eigenvalue weighted by Crippen LogP contribution is 2.35. The molecule has 0 saturated carbocycles. The number of nitro benzene ring substituents is 1. The van der Waals surface area contributed by atoms with Gasteiger partial charge in [0, 0.05) is 41.0 Å². The molecule has 8 nitrogen and oxygen atoms in total. The zero-order chi connectivity index (χ0) is 23.0. The second kappa shape index (κ2) is 8.03. The summed E-state index contributed by atoms with van der Waals surface area (Å²) in [6.45, 7) is 0. The van der Waals surface area contributed by atoms with Gasteiger partial charge in [0.15, 0.2) is 0 Å². The van der Waals surface area contributed by atoms with Crippen molar-refractivity contribution in [2.24, 2.45) is 0 Å². The van der Waals surface area contributed by atoms with E-state index in [0.29, 0.717) is 16.8 Å². The van der Waals surface area contributed by atoms with Crippen LogP contribution >= 0.6 is 0 Å². The molecule has 12 heteroatoms. The third-order valence-corrected chi connectivity index (χ3v) is 4.77. The molecule has 152 valence electrons. The van der Waals surface area contributed by atoms with Crippen LogP contribution in [0.15, 0.2) is 54.9 Å². The highest BCUT2D eigenvalue weighted by Gasteiger charge is 2.21. The summed E-state index contributed by atoms with van der Waals surface area (Å²) in [5.74, 6) is -0.857. The predicted octanol–water partition coefficient (Wildman–Crippen LogP) is 2.97. The Bertz CT molecular complexity index is 1340. The number of para-hydroxylation sites is 1. The molecule has 2 aromatic heterocycles. The van der Waals surface area contributed by atoms with Gasteiger partial charge in [0.2, 0.25) is 11.8 Å². The maximum absolute atomic E-state index is 13.9. The molecule has 0 bridgehead atoms. The number of hydrogen-bond acceptors (Lipinski definition) is 6. The highest BCUT2D eigenvalue weighted by atomic mass is 19.1. The Labute approximate surface area is 186 Å². The van der Waals surface area contributed by atoms with Gasteiger partial charge in [-0.15, -0.1) is 0 Å². The van der Waals surface area contributed by atoms with Crippen molar-refractivity contribution in [3.8, 4) is 17.0 Å². The number of halogens is 1. The molecule has 2 aromatic carbocycles. The standard InChI is InChI=1S/C20H13B3FN5O3/c1-32-18-8-13(24)17(29(30)31)9-15(18)27-19-25-7-6-14(26-19)12-10-28(20(21,22)23)16-5-3-2-4-11(12)16/h2-10H,1H3,(H,25,26,27). The molecule has 0 amide bonds. The number of nitrogens with zero attached hydrogens (tertiary/aromatic N) is 4. The quantitative estimate of drug-likeness (QED) is 0.291. The molecule has 0 aliphatic carbocycles. The maximum atomic E-state index is 13.9. The second-order valence-corrected chi connectivity index (χ2v) is 6.97. The van der Waals surface area contributed by atoms with Gasteiger partial charge < -0.3 is 14.6 Å². The Morgan fingerprint density at radius 2 is 1.97 bits per heavy atom. The largest absolute Gasteiger partial charge is 0.494 e. The lowest BCUT2D eigenvalue weighted by atomic mass is 9.49. The van der Waals surface area contributed by atoms with Crippen LogP contribution in [0.5, 0.6) is 5.75 Å². The molecule has 0 spiro atoms. The first-order valence-electron chi connectivity index (χ1n) is 9.28. The zero-order valence-electron chi connectivity index (χ0n) is 16.8. The second-order valence-electron chi connectivity index (χ2n) is 6.97. The third-order valence-electron chi connectivity index (χ3n) is 4.77. The third kappa shape index (κ3) is 3.91. The van der Waals surface area contributed by atoms with Crippen molar-refractivity contribution in [2.45, 2.75) is 5.24 Å². The number of ether oxygens (including phenoxy) is 1. The molecule has 0 fully saturated rings. The van der Waals surface area contributed by atoms with Gasteiger partial charge in [0.1, 0.15) is 5.75 Å². The van der Waals surface area contributed by atoms with Gasteiger partial charge in [-0.3, -0.25) is 10.1 Å². The van der Waals surface area contributed by atoms with Crippen molar-refractivity contribution < 1.29 is 14.1 Å². The van der Waals surface area contributed by atoms with E-state index in [0.717, 1.165) is 17.5 Å². The molecule has 6 radical (unpaired) electrons. The van der Waals surface area contributed by atoms with E-state index in [1.54, 1.807) is 12.3 Å². The summed E-state index contributed by atoms with van der Waals surface area (Å²) < 4.78 is 20.6. The molecule has 0 saturated heterocycles. The number of nitrogens with one attached hydrogen (secondary N) is 1. The lowest BCUT2D eigenvalue weighted by Gasteiger charge is -2.24. The van der Waals surface area contributed by atoms with Gasteiger partial charge in [0.25, 0.3) is 0 Å². The number of hydrogen-bond donors (Lipinski definition) is 1. The molecule has 4 aromatic rings. The average Bonchev–Trinajstić information content (AvgIpc) is 3.15. The minimum Gasteiger partial charge on any atom is -0.494 e. The Hall–Kier alpha value is -3.82. The topological polar surface area (TPSA) is 95.1 Å². The molecule has 0 unspecified atom stereocenters. The number of benzene rings is 2. The zero-order valence-corrected chi connectivity index (χ0v) is 16.8. The molecule has 0 aliphatic heterocycles. The average molecular weight is 423 g/mol. The first kappa shape index (κ1) is 21.4. The summed E-state index contributed by atoms with van der Waals surface area (Å²) in [5.41, 5.74) is 1.33.